The van der Waals surface area contributed by atoms with Crippen molar-refractivity contribution in [1.82, 2.24) is 15.6 Å². The third kappa shape index (κ3) is 3.06. The predicted molar refractivity (Wildman–Crippen MR) is 73.5 cm³/mol. The largest absolute Gasteiger partial charge is 0.316 e. The standard InChI is InChI=1S/C13H23N3S/c1-4-13(5-6-14-8-13)9-15-11(3)12-16-10(2)7-17-12/h7,11,14-15H,4-6,8-9H2,1-3H3. The molecular formula is C13H23N3S. The summed E-state index contributed by atoms with van der Waals surface area (Å²) < 4.78 is 0. The maximum Gasteiger partial charge on any atom is 0.110 e. The van der Waals surface area contributed by atoms with Gasteiger partial charge in [0.2, 0.25) is 0 Å². The van der Waals surface area contributed by atoms with Crippen molar-refractivity contribution < 1.29 is 0 Å². The van der Waals surface area contributed by atoms with Gasteiger partial charge in [-0.2, -0.15) is 0 Å². The maximum absolute atomic E-state index is 4.54. The van der Waals surface area contributed by atoms with Crippen molar-refractivity contribution in [2.75, 3.05) is 19.6 Å². The van der Waals surface area contributed by atoms with Crippen LogP contribution >= 0.6 is 11.3 Å². The number of hydrogen-bond donors (Lipinski definition) is 2. The Labute approximate surface area is 108 Å². The van der Waals surface area contributed by atoms with Crippen LogP contribution in [0.5, 0.6) is 0 Å². The smallest absolute Gasteiger partial charge is 0.110 e. The number of nitrogens with zero attached hydrogens (tertiary/aromatic N) is 1. The highest BCUT2D eigenvalue weighted by atomic mass is 32.1. The molecule has 1 aromatic heterocycles. The third-order valence-electron chi connectivity index (χ3n) is 3.87. The van der Waals surface area contributed by atoms with Gasteiger partial charge < -0.3 is 10.6 Å². The highest BCUT2D eigenvalue weighted by molar-refractivity contribution is 7.09. The zero-order valence-corrected chi connectivity index (χ0v) is 11.9. The van der Waals surface area contributed by atoms with E-state index in [1.54, 1.807) is 11.3 Å². The van der Waals surface area contributed by atoms with E-state index in [2.05, 4.69) is 41.8 Å². The molecule has 96 valence electrons. The summed E-state index contributed by atoms with van der Waals surface area (Å²) in [5.41, 5.74) is 1.59. The fraction of sp³-hybridized carbons (Fsp3) is 0.769. The normalized spacial score (nSPS) is 26.3. The molecule has 0 aromatic carbocycles. The fourth-order valence-electron chi connectivity index (χ4n) is 2.40. The Bertz CT molecular complexity index is 355. The van der Waals surface area contributed by atoms with Crippen LogP contribution < -0.4 is 10.6 Å². The van der Waals surface area contributed by atoms with Gasteiger partial charge in [-0.15, -0.1) is 11.3 Å². The number of thiazole rings is 1. The molecule has 2 heterocycles. The molecule has 17 heavy (non-hydrogen) atoms. The Hall–Kier alpha value is -0.450. The van der Waals surface area contributed by atoms with Crippen molar-refractivity contribution in [2.24, 2.45) is 5.41 Å². The SMILES string of the molecule is CCC1(CNC(C)c2nc(C)cs2)CCNC1. The molecule has 0 saturated carbocycles. The van der Waals surface area contributed by atoms with Crippen LogP contribution in [0.3, 0.4) is 0 Å². The average molecular weight is 253 g/mol. The molecule has 2 atom stereocenters. The Morgan fingerprint density at radius 2 is 2.47 bits per heavy atom. The number of nitrogens with one attached hydrogen (secondary N) is 2. The second kappa shape index (κ2) is 5.46. The number of aryl methyl sites for hydroxylation is 1. The topological polar surface area (TPSA) is 37.0 Å². The molecule has 3 nitrogen and oxygen atoms in total. The van der Waals surface area contributed by atoms with Gasteiger partial charge in [0, 0.05) is 24.2 Å². The first-order chi connectivity index (χ1) is 8.15. The molecule has 2 N–H and O–H groups in total. The summed E-state index contributed by atoms with van der Waals surface area (Å²) in [7, 11) is 0. The van der Waals surface area contributed by atoms with Gasteiger partial charge in [-0.05, 0) is 38.6 Å². The zero-order chi connectivity index (χ0) is 12.3. The molecule has 1 saturated heterocycles. The molecule has 1 aromatic rings. The number of aromatic nitrogens is 1. The molecule has 1 aliphatic heterocycles. The number of hydrogen-bond acceptors (Lipinski definition) is 4. The van der Waals surface area contributed by atoms with E-state index < -0.39 is 0 Å². The van der Waals surface area contributed by atoms with Crippen LogP contribution in [0, 0.1) is 12.3 Å². The van der Waals surface area contributed by atoms with E-state index in [1.807, 2.05) is 0 Å². The van der Waals surface area contributed by atoms with E-state index >= 15 is 0 Å². The van der Waals surface area contributed by atoms with Crippen molar-refractivity contribution >= 4 is 11.3 Å². The summed E-state index contributed by atoms with van der Waals surface area (Å²) in [5, 5.41) is 10.5. The molecule has 0 radical (unpaired) electrons. The Morgan fingerprint density at radius 1 is 1.65 bits per heavy atom. The zero-order valence-electron chi connectivity index (χ0n) is 11.0. The lowest BCUT2D eigenvalue weighted by molar-refractivity contribution is 0.280. The Morgan fingerprint density at radius 3 is 3.00 bits per heavy atom. The average Bonchev–Trinajstić information content (AvgIpc) is 2.95. The van der Waals surface area contributed by atoms with Crippen LogP contribution in [0.2, 0.25) is 0 Å². The minimum atomic E-state index is 0.373. The molecule has 4 heteroatoms. The van der Waals surface area contributed by atoms with Crippen LogP contribution in [-0.2, 0) is 0 Å². The summed E-state index contributed by atoms with van der Waals surface area (Å²) in [5.74, 6) is 0. The Kier molecular flexibility index (Phi) is 4.17. The molecule has 2 rings (SSSR count). The van der Waals surface area contributed by atoms with Crippen LogP contribution in [-0.4, -0.2) is 24.6 Å². The van der Waals surface area contributed by atoms with Crippen molar-refractivity contribution in [1.29, 1.82) is 0 Å². The highest BCUT2D eigenvalue weighted by Gasteiger charge is 2.32. The third-order valence-corrected chi connectivity index (χ3v) is 5.02. The fourth-order valence-corrected chi connectivity index (χ4v) is 3.23. The van der Waals surface area contributed by atoms with Crippen molar-refractivity contribution in [3.05, 3.63) is 16.1 Å². The van der Waals surface area contributed by atoms with Crippen molar-refractivity contribution in [2.45, 2.75) is 39.7 Å². The molecule has 1 aliphatic rings. The summed E-state index contributed by atoms with van der Waals surface area (Å²) in [6.07, 6.45) is 2.54. The van der Waals surface area contributed by atoms with Crippen molar-refractivity contribution in [3.8, 4) is 0 Å². The highest BCUT2D eigenvalue weighted by Crippen LogP contribution is 2.29. The van der Waals surface area contributed by atoms with E-state index in [0.29, 0.717) is 11.5 Å². The molecule has 1 fully saturated rings. The number of rotatable bonds is 5. The van der Waals surface area contributed by atoms with Crippen LogP contribution in [0.1, 0.15) is 43.4 Å². The van der Waals surface area contributed by atoms with E-state index in [-0.39, 0.29) is 0 Å². The minimum absolute atomic E-state index is 0.373. The van der Waals surface area contributed by atoms with Gasteiger partial charge in [-0.3, -0.25) is 0 Å². The van der Waals surface area contributed by atoms with Crippen LogP contribution in [0.25, 0.3) is 0 Å². The van der Waals surface area contributed by atoms with Gasteiger partial charge in [0.25, 0.3) is 0 Å². The molecule has 0 aliphatic carbocycles. The quantitative estimate of drug-likeness (QED) is 0.846. The molecule has 0 spiro atoms. The summed E-state index contributed by atoms with van der Waals surface area (Å²) in [6.45, 7) is 9.98. The second-order valence-electron chi connectivity index (χ2n) is 5.21. The minimum Gasteiger partial charge on any atom is -0.316 e. The van der Waals surface area contributed by atoms with Gasteiger partial charge in [-0.25, -0.2) is 4.98 Å². The van der Waals surface area contributed by atoms with Gasteiger partial charge in [0.1, 0.15) is 5.01 Å². The van der Waals surface area contributed by atoms with E-state index in [1.165, 1.54) is 24.4 Å². The Balaban J connectivity index is 1.89. The molecular weight excluding hydrogens is 230 g/mol. The predicted octanol–water partition coefficient (Wildman–Crippen LogP) is 2.49. The van der Waals surface area contributed by atoms with Crippen LogP contribution in [0.4, 0.5) is 0 Å². The first-order valence-corrected chi connectivity index (χ1v) is 7.39. The van der Waals surface area contributed by atoms with Gasteiger partial charge in [0.15, 0.2) is 0 Å². The lowest BCUT2D eigenvalue weighted by atomic mass is 9.84. The lowest BCUT2D eigenvalue weighted by Crippen LogP contribution is -2.36. The molecule has 0 bridgehead atoms. The lowest BCUT2D eigenvalue weighted by Gasteiger charge is -2.28. The van der Waals surface area contributed by atoms with Gasteiger partial charge in [0.05, 0.1) is 6.04 Å². The monoisotopic (exact) mass is 253 g/mol. The maximum atomic E-state index is 4.54. The first kappa shape index (κ1) is 13.0. The molecule has 0 amide bonds. The summed E-state index contributed by atoms with van der Waals surface area (Å²) in [6, 6.07) is 0.373. The summed E-state index contributed by atoms with van der Waals surface area (Å²) >= 11 is 1.76. The first-order valence-electron chi connectivity index (χ1n) is 6.51. The van der Waals surface area contributed by atoms with E-state index in [0.717, 1.165) is 18.8 Å². The second-order valence-corrected chi connectivity index (χ2v) is 6.10. The van der Waals surface area contributed by atoms with Crippen molar-refractivity contribution in [3.63, 3.8) is 0 Å². The van der Waals surface area contributed by atoms with Gasteiger partial charge >= 0.3 is 0 Å². The van der Waals surface area contributed by atoms with Crippen LogP contribution in [0.15, 0.2) is 5.38 Å². The molecule has 2 unspecified atom stereocenters. The van der Waals surface area contributed by atoms with E-state index in [9.17, 15) is 0 Å². The van der Waals surface area contributed by atoms with Gasteiger partial charge in [-0.1, -0.05) is 6.92 Å². The van der Waals surface area contributed by atoms with E-state index in [4.69, 9.17) is 0 Å². The summed E-state index contributed by atoms with van der Waals surface area (Å²) in [4.78, 5) is 4.54.